The predicted molar refractivity (Wildman–Crippen MR) is 88.9 cm³/mol. The van der Waals surface area contributed by atoms with Gasteiger partial charge in [0.2, 0.25) is 5.91 Å². The van der Waals surface area contributed by atoms with Gasteiger partial charge >= 0.3 is 0 Å². The number of hydrogen-bond acceptors (Lipinski definition) is 3. The maximum atomic E-state index is 12.0. The Kier molecular flexibility index (Phi) is 2.86. The van der Waals surface area contributed by atoms with Crippen molar-refractivity contribution in [2.45, 2.75) is 6.92 Å². The van der Waals surface area contributed by atoms with E-state index in [0.717, 1.165) is 10.9 Å². The average molecular weight is 330 g/mol. The van der Waals surface area contributed by atoms with Crippen LogP contribution in [-0.4, -0.2) is 20.4 Å². The van der Waals surface area contributed by atoms with Crippen LogP contribution in [0.3, 0.4) is 0 Å². The van der Waals surface area contributed by atoms with Crippen molar-refractivity contribution in [1.82, 2.24) is 14.5 Å². The number of fused-ring (bicyclic) bond motifs is 4. The Labute approximate surface area is 135 Å². The van der Waals surface area contributed by atoms with Gasteiger partial charge in [-0.2, -0.15) is 0 Å². The monoisotopic (exact) mass is 329 g/mol. The van der Waals surface area contributed by atoms with Crippen LogP contribution in [0.5, 0.6) is 0 Å². The highest BCUT2D eigenvalue weighted by atomic mass is 35.5. The van der Waals surface area contributed by atoms with Crippen LogP contribution < -0.4 is 0 Å². The molecule has 0 saturated carbocycles. The summed E-state index contributed by atoms with van der Waals surface area (Å²) >= 11 is 12.1. The number of carbonyl (C=O) groups is 1. The zero-order valence-corrected chi connectivity index (χ0v) is 13.0. The van der Waals surface area contributed by atoms with E-state index >= 15 is 0 Å². The molecule has 0 N–H and O–H groups in total. The third-order valence-corrected chi connectivity index (χ3v) is 4.34. The van der Waals surface area contributed by atoms with Crippen LogP contribution in [0.1, 0.15) is 11.7 Å². The third kappa shape index (κ3) is 1.81. The van der Waals surface area contributed by atoms with E-state index in [9.17, 15) is 4.79 Å². The second-order valence-corrected chi connectivity index (χ2v) is 5.84. The maximum absolute atomic E-state index is 12.0. The lowest BCUT2D eigenvalue weighted by Gasteiger charge is -2.03. The number of benzene rings is 2. The Hall–Kier alpha value is -2.17. The first-order valence-electron chi connectivity index (χ1n) is 6.63. The number of para-hydroxylation sites is 1. The summed E-state index contributed by atoms with van der Waals surface area (Å²) in [4.78, 5) is 21.2. The summed E-state index contributed by atoms with van der Waals surface area (Å²) in [6, 6.07) is 10.9. The van der Waals surface area contributed by atoms with E-state index in [2.05, 4.69) is 9.97 Å². The van der Waals surface area contributed by atoms with Gasteiger partial charge in [0.1, 0.15) is 5.52 Å². The van der Waals surface area contributed by atoms with Gasteiger partial charge < -0.3 is 0 Å². The van der Waals surface area contributed by atoms with Crippen LogP contribution in [0.15, 0.2) is 36.4 Å². The normalized spacial score (nSPS) is 11.6. The smallest absolute Gasteiger partial charge is 0.229 e. The average Bonchev–Trinajstić information content (AvgIpc) is 2.80. The van der Waals surface area contributed by atoms with Gasteiger partial charge in [-0.15, -0.1) is 0 Å². The molecule has 0 spiro atoms. The van der Waals surface area contributed by atoms with E-state index in [-0.39, 0.29) is 5.91 Å². The molecule has 0 fully saturated rings. The van der Waals surface area contributed by atoms with Crippen molar-refractivity contribution < 1.29 is 4.79 Å². The summed E-state index contributed by atoms with van der Waals surface area (Å²) in [5.41, 5.74) is 3.24. The third-order valence-electron chi connectivity index (χ3n) is 3.61. The highest BCUT2D eigenvalue weighted by Gasteiger charge is 2.17. The SMILES string of the molecule is CC(=O)n1c2ccccc2c2nc3cc(Cl)c(Cl)cc3nc21. The Morgan fingerprint density at radius 3 is 2.36 bits per heavy atom. The quantitative estimate of drug-likeness (QED) is 0.469. The van der Waals surface area contributed by atoms with Crippen molar-refractivity contribution in [2.75, 3.05) is 0 Å². The lowest BCUT2D eigenvalue weighted by atomic mass is 10.2. The topological polar surface area (TPSA) is 47.8 Å². The first-order valence-corrected chi connectivity index (χ1v) is 7.39. The molecule has 0 aliphatic carbocycles. The minimum atomic E-state index is -0.111. The maximum Gasteiger partial charge on any atom is 0.229 e. The summed E-state index contributed by atoms with van der Waals surface area (Å²) in [5, 5.41) is 1.72. The first-order chi connectivity index (χ1) is 10.6. The van der Waals surface area contributed by atoms with E-state index in [1.807, 2.05) is 24.3 Å². The molecule has 0 atom stereocenters. The standard InChI is InChI=1S/C16H9Cl2N3O/c1-8(22)21-14-5-3-2-4-9(14)15-16(21)20-13-7-11(18)10(17)6-12(13)19-15/h2-7H,1H3. The molecular weight excluding hydrogens is 321 g/mol. The first kappa shape index (κ1) is 13.5. The van der Waals surface area contributed by atoms with Gasteiger partial charge in [-0.25, -0.2) is 9.97 Å². The molecule has 0 bridgehead atoms. The molecule has 6 heteroatoms. The Balaban J connectivity index is 2.27. The van der Waals surface area contributed by atoms with E-state index in [1.54, 1.807) is 16.7 Å². The molecule has 4 nitrogen and oxygen atoms in total. The molecule has 22 heavy (non-hydrogen) atoms. The molecule has 2 heterocycles. The molecule has 2 aromatic heterocycles. The van der Waals surface area contributed by atoms with Gasteiger partial charge in [-0.1, -0.05) is 41.4 Å². The van der Waals surface area contributed by atoms with Crippen LogP contribution in [0.4, 0.5) is 0 Å². The van der Waals surface area contributed by atoms with E-state index < -0.39 is 0 Å². The molecule has 4 aromatic rings. The van der Waals surface area contributed by atoms with E-state index in [0.29, 0.717) is 32.2 Å². The molecule has 0 aliphatic heterocycles. The highest BCUT2D eigenvalue weighted by Crippen LogP contribution is 2.31. The summed E-state index contributed by atoms with van der Waals surface area (Å²) in [6.45, 7) is 1.51. The van der Waals surface area contributed by atoms with Gasteiger partial charge in [0, 0.05) is 12.3 Å². The van der Waals surface area contributed by atoms with Gasteiger partial charge in [-0.3, -0.25) is 9.36 Å². The lowest BCUT2D eigenvalue weighted by molar-refractivity contribution is 0.0946. The summed E-state index contributed by atoms with van der Waals surface area (Å²) in [5.74, 6) is -0.111. The number of halogens is 2. The van der Waals surface area contributed by atoms with Crippen molar-refractivity contribution in [3.63, 3.8) is 0 Å². The number of hydrogen-bond donors (Lipinski definition) is 0. The van der Waals surface area contributed by atoms with Crippen molar-refractivity contribution in [3.05, 3.63) is 46.4 Å². The van der Waals surface area contributed by atoms with E-state index in [1.165, 1.54) is 6.92 Å². The molecule has 0 radical (unpaired) electrons. The molecule has 2 aromatic carbocycles. The Morgan fingerprint density at radius 2 is 1.68 bits per heavy atom. The van der Waals surface area contributed by atoms with E-state index in [4.69, 9.17) is 23.2 Å². The van der Waals surface area contributed by atoms with Gasteiger partial charge in [0.25, 0.3) is 0 Å². The Bertz CT molecular complexity index is 1090. The lowest BCUT2D eigenvalue weighted by Crippen LogP contribution is -2.06. The molecule has 0 saturated heterocycles. The minimum absolute atomic E-state index is 0.111. The largest absolute Gasteiger partial charge is 0.274 e. The van der Waals surface area contributed by atoms with Gasteiger partial charge in [0.05, 0.1) is 26.6 Å². The Morgan fingerprint density at radius 1 is 1.05 bits per heavy atom. The summed E-state index contributed by atoms with van der Waals surface area (Å²) in [6.07, 6.45) is 0. The van der Waals surface area contributed by atoms with Crippen LogP contribution in [0, 0.1) is 0 Å². The number of rotatable bonds is 0. The summed E-state index contributed by atoms with van der Waals surface area (Å²) < 4.78 is 1.57. The molecule has 0 aliphatic rings. The van der Waals surface area contributed by atoms with Crippen LogP contribution in [0.25, 0.3) is 33.1 Å². The highest BCUT2D eigenvalue weighted by molar-refractivity contribution is 6.42. The fourth-order valence-corrected chi connectivity index (χ4v) is 3.00. The zero-order chi connectivity index (χ0) is 15.4. The second-order valence-electron chi connectivity index (χ2n) is 5.02. The van der Waals surface area contributed by atoms with Crippen molar-refractivity contribution in [3.8, 4) is 0 Å². The van der Waals surface area contributed by atoms with Crippen molar-refractivity contribution in [2.24, 2.45) is 0 Å². The zero-order valence-electron chi connectivity index (χ0n) is 11.5. The minimum Gasteiger partial charge on any atom is -0.274 e. The molecule has 108 valence electrons. The summed E-state index contributed by atoms with van der Waals surface area (Å²) in [7, 11) is 0. The predicted octanol–water partition coefficient (Wildman–Crippen LogP) is 4.70. The number of nitrogens with zero attached hydrogens (tertiary/aromatic N) is 3. The fraction of sp³-hybridized carbons (Fsp3) is 0.0625. The number of carbonyl (C=O) groups excluding carboxylic acids is 1. The molecule has 0 amide bonds. The van der Waals surface area contributed by atoms with Crippen LogP contribution in [-0.2, 0) is 0 Å². The molecular formula is C16H9Cl2N3O. The van der Waals surface area contributed by atoms with Crippen LogP contribution >= 0.6 is 23.2 Å². The van der Waals surface area contributed by atoms with Crippen molar-refractivity contribution >= 4 is 62.2 Å². The number of aromatic nitrogens is 3. The second kappa shape index (κ2) is 4.66. The van der Waals surface area contributed by atoms with Crippen LogP contribution in [0.2, 0.25) is 10.0 Å². The molecule has 0 unspecified atom stereocenters. The van der Waals surface area contributed by atoms with Crippen molar-refractivity contribution in [1.29, 1.82) is 0 Å². The fourth-order valence-electron chi connectivity index (χ4n) is 2.68. The van der Waals surface area contributed by atoms with Gasteiger partial charge in [-0.05, 0) is 18.2 Å². The molecule has 4 rings (SSSR count). The van der Waals surface area contributed by atoms with Gasteiger partial charge in [0.15, 0.2) is 5.65 Å².